The van der Waals surface area contributed by atoms with Gasteiger partial charge in [0.15, 0.2) is 0 Å². The smallest absolute Gasteiger partial charge is 0.308 e. The molecule has 1 aliphatic heterocycles. The SMILES string of the molecule is O=C(O)C1CC(=O)N(c2cccc3cnccc23)C1. The van der Waals surface area contributed by atoms with Gasteiger partial charge in [-0.15, -0.1) is 0 Å². The maximum absolute atomic E-state index is 12.0. The summed E-state index contributed by atoms with van der Waals surface area (Å²) in [6.45, 7) is 0.232. The van der Waals surface area contributed by atoms with E-state index in [0.29, 0.717) is 0 Å². The Balaban J connectivity index is 2.05. The van der Waals surface area contributed by atoms with Crippen molar-refractivity contribution < 1.29 is 14.7 Å². The third-order valence-corrected chi connectivity index (χ3v) is 3.42. The number of anilines is 1. The first kappa shape index (κ1) is 11.6. The van der Waals surface area contributed by atoms with Gasteiger partial charge in [0.05, 0.1) is 11.6 Å². The summed E-state index contributed by atoms with van der Waals surface area (Å²) >= 11 is 0. The van der Waals surface area contributed by atoms with Crippen molar-refractivity contribution >= 4 is 28.3 Å². The summed E-state index contributed by atoms with van der Waals surface area (Å²) in [6, 6.07) is 7.44. The number of amides is 1. The first-order valence-corrected chi connectivity index (χ1v) is 6.03. The number of carboxylic acid groups (broad SMARTS) is 1. The summed E-state index contributed by atoms with van der Waals surface area (Å²) in [4.78, 5) is 28.6. The van der Waals surface area contributed by atoms with Gasteiger partial charge in [0.25, 0.3) is 0 Å². The number of nitrogens with zero attached hydrogens (tertiary/aromatic N) is 2. The topological polar surface area (TPSA) is 70.5 Å². The van der Waals surface area contributed by atoms with Crippen molar-refractivity contribution in [2.45, 2.75) is 6.42 Å². The van der Waals surface area contributed by atoms with E-state index in [9.17, 15) is 9.59 Å². The summed E-state index contributed by atoms with van der Waals surface area (Å²) in [5.74, 6) is -1.68. The Bertz CT molecular complexity index is 663. The van der Waals surface area contributed by atoms with Crippen LogP contribution in [0.4, 0.5) is 5.69 Å². The Kier molecular flexibility index (Phi) is 2.67. The van der Waals surface area contributed by atoms with Crippen LogP contribution in [0.2, 0.25) is 0 Å². The highest BCUT2D eigenvalue weighted by Gasteiger charge is 2.35. The van der Waals surface area contributed by atoms with Crippen LogP contribution >= 0.6 is 0 Å². The fourth-order valence-corrected chi connectivity index (χ4v) is 2.45. The maximum atomic E-state index is 12.0. The number of fused-ring (bicyclic) bond motifs is 1. The summed E-state index contributed by atoms with van der Waals surface area (Å²) in [7, 11) is 0. The molecule has 1 atom stereocenters. The minimum atomic E-state index is -0.919. The lowest BCUT2D eigenvalue weighted by atomic mass is 10.1. The predicted octanol–water partition coefficient (Wildman–Crippen LogP) is 1.67. The molecule has 0 saturated carbocycles. The third-order valence-electron chi connectivity index (χ3n) is 3.42. The maximum Gasteiger partial charge on any atom is 0.308 e. The molecule has 0 radical (unpaired) electrons. The van der Waals surface area contributed by atoms with Crippen molar-refractivity contribution in [2.75, 3.05) is 11.4 Å². The quantitative estimate of drug-likeness (QED) is 0.887. The Morgan fingerprint density at radius 1 is 1.37 bits per heavy atom. The molecule has 1 aliphatic rings. The number of rotatable bonds is 2. The van der Waals surface area contributed by atoms with Crippen LogP contribution in [0.25, 0.3) is 10.8 Å². The molecule has 0 aliphatic carbocycles. The Hall–Kier alpha value is -2.43. The second-order valence-corrected chi connectivity index (χ2v) is 4.62. The zero-order chi connectivity index (χ0) is 13.4. The van der Waals surface area contributed by atoms with Crippen molar-refractivity contribution in [3.63, 3.8) is 0 Å². The monoisotopic (exact) mass is 256 g/mol. The molecule has 2 heterocycles. The van der Waals surface area contributed by atoms with E-state index in [1.165, 1.54) is 0 Å². The van der Waals surface area contributed by atoms with E-state index in [4.69, 9.17) is 5.11 Å². The average molecular weight is 256 g/mol. The van der Waals surface area contributed by atoms with Gasteiger partial charge in [-0.3, -0.25) is 14.6 Å². The van der Waals surface area contributed by atoms with Crippen LogP contribution < -0.4 is 4.90 Å². The molecule has 1 aromatic carbocycles. The largest absolute Gasteiger partial charge is 0.481 e. The molecule has 1 amide bonds. The number of carboxylic acids is 1. The number of carbonyl (C=O) groups excluding carboxylic acids is 1. The molecule has 5 nitrogen and oxygen atoms in total. The van der Waals surface area contributed by atoms with Gasteiger partial charge in [-0.1, -0.05) is 12.1 Å². The van der Waals surface area contributed by atoms with E-state index in [2.05, 4.69) is 4.98 Å². The van der Waals surface area contributed by atoms with E-state index < -0.39 is 11.9 Å². The van der Waals surface area contributed by atoms with E-state index >= 15 is 0 Å². The van der Waals surface area contributed by atoms with Crippen LogP contribution in [0.3, 0.4) is 0 Å². The normalized spacial score (nSPS) is 19.1. The van der Waals surface area contributed by atoms with Gasteiger partial charge >= 0.3 is 5.97 Å². The van der Waals surface area contributed by atoms with Crippen molar-refractivity contribution in [2.24, 2.45) is 5.92 Å². The van der Waals surface area contributed by atoms with Crippen LogP contribution in [0.15, 0.2) is 36.7 Å². The van der Waals surface area contributed by atoms with Crippen LogP contribution in [-0.4, -0.2) is 28.5 Å². The molecule has 96 valence electrons. The molecule has 1 aromatic heterocycles. The van der Waals surface area contributed by atoms with Gasteiger partial charge in [-0.25, -0.2) is 0 Å². The first-order valence-electron chi connectivity index (χ1n) is 6.03. The number of benzene rings is 1. The highest BCUT2D eigenvalue weighted by molar-refractivity contribution is 6.06. The summed E-state index contributed by atoms with van der Waals surface area (Å²) < 4.78 is 0. The van der Waals surface area contributed by atoms with E-state index in [0.717, 1.165) is 16.5 Å². The van der Waals surface area contributed by atoms with Crippen molar-refractivity contribution in [1.82, 2.24) is 4.98 Å². The summed E-state index contributed by atoms with van der Waals surface area (Å²) in [5, 5.41) is 10.9. The number of hydrogen-bond donors (Lipinski definition) is 1. The second-order valence-electron chi connectivity index (χ2n) is 4.62. The number of hydrogen-bond acceptors (Lipinski definition) is 3. The van der Waals surface area contributed by atoms with E-state index in [1.54, 1.807) is 17.3 Å². The van der Waals surface area contributed by atoms with Gasteiger partial charge in [-0.05, 0) is 12.1 Å². The predicted molar refractivity (Wildman–Crippen MR) is 69.8 cm³/mol. The van der Waals surface area contributed by atoms with Crippen molar-refractivity contribution in [1.29, 1.82) is 0 Å². The number of aromatic nitrogens is 1. The molecule has 0 bridgehead atoms. The standard InChI is InChI=1S/C14H12N2O3/c17-13-6-10(14(18)19)8-16(13)12-3-1-2-9-7-15-5-4-11(9)12/h1-5,7,10H,6,8H2,(H,18,19). The van der Waals surface area contributed by atoms with Crippen LogP contribution in [0.1, 0.15) is 6.42 Å². The molecule has 1 fully saturated rings. The Morgan fingerprint density at radius 3 is 2.95 bits per heavy atom. The minimum Gasteiger partial charge on any atom is -0.481 e. The lowest BCUT2D eigenvalue weighted by Crippen LogP contribution is -2.25. The van der Waals surface area contributed by atoms with Gasteiger partial charge in [-0.2, -0.15) is 0 Å². The minimum absolute atomic E-state index is 0.0663. The average Bonchev–Trinajstić information content (AvgIpc) is 2.80. The lowest BCUT2D eigenvalue weighted by Gasteiger charge is -2.18. The number of aliphatic carboxylic acids is 1. The second kappa shape index (κ2) is 4.35. The fraction of sp³-hybridized carbons (Fsp3) is 0.214. The highest BCUT2D eigenvalue weighted by Crippen LogP contribution is 2.31. The Labute approximate surface area is 109 Å². The fourth-order valence-electron chi connectivity index (χ4n) is 2.45. The van der Waals surface area contributed by atoms with Gasteiger partial charge in [0, 0.05) is 36.1 Å². The zero-order valence-corrected chi connectivity index (χ0v) is 10.1. The molecule has 0 spiro atoms. The molecular formula is C14H12N2O3. The zero-order valence-electron chi connectivity index (χ0n) is 10.1. The molecule has 1 saturated heterocycles. The van der Waals surface area contributed by atoms with E-state index in [1.807, 2.05) is 24.3 Å². The first-order chi connectivity index (χ1) is 9.16. The molecule has 1 unspecified atom stereocenters. The lowest BCUT2D eigenvalue weighted by molar-refractivity contribution is -0.141. The van der Waals surface area contributed by atoms with Gasteiger partial charge < -0.3 is 10.0 Å². The van der Waals surface area contributed by atoms with E-state index in [-0.39, 0.29) is 18.9 Å². The van der Waals surface area contributed by atoms with Gasteiger partial charge in [0.2, 0.25) is 5.91 Å². The number of pyridine rings is 1. The third kappa shape index (κ3) is 1.93. The molecule has 1 N–H and O–H groups in total. The van der Waals surface area contributed by atoms with Gasteiger partial charge in [0.1, 0.15) is 0 Å². The molecule has 3 rings (SSSR count). The number of carbonyl (C=O) groups is 2. The van der Waals surface area contributed by atoms with Crippen LogP contribution in [-0.2, 0) is 9.59 Å². The Morgan fingerprint density at radius 2 is 2.21 bits per heavy atom. The summed E-state index contributed by atoms with van der Waals surface area (Å²) in [5.41, 5.74) is 0.758. The molecule has 5 heteroatoms. The molecule has 19 heavy (non-hydrogen) atoms. The van der Waals surface area contributed by atoms with Crippen LogP contribution in [0, 0.1) is 5.92 Å². The molecular weight excluding hydrogens is 244 g/mol. The van der Waals surface area contributed by atoms with Crippen molar-refractivity contribution in [3.05, 3.63) is 36.7 Å². The van der Waals surface area contributed by atoms with Crippen molar-refractivity contribution in [3.8, 4) is 0 Å². The van der Waals surface area contributed by atoms with Crippen LogP contribution in [0.5, 0.6) is 0 Å². The summed E-state index contributed by atoms with van der Waals surface area (Å²) in [6.07, 6.45) is 3.46. The highest BCUT2D eigenvalue weighted by atomic mass is 16.4. The molecule has 2 aromatic rings.